The van der Waals surface area contributed by atoms with E-state index in [2.05, 4.69) is 5.32 Å². The number of anilines is 1. The molecule has 3 N–H and O–H groups in total. The molecule has 2 amide bonds. The number of carbonyl (C=O) groups excluding carboxylic acids is 2. The first-order chi connectivity index (χ1) is 15.3. The maximum atomic E-state index is 13.6. The first-order valence-corrected chi connectivity index (χ1v) is 10.2. The molecule has 2 saturated heterocycles. The van der Waals surface area contributed by atoms with E-state index in [1.807, 2.05) is 0 Å². The van der Waals surface area contributed by atoms with Gasteiger partial charge < -0.3 is 19.7 Å². The van der Waals surface area contributed by atoms with Gasteiger partial charge in [-0.25, -0.2) is 4.90 Å². The number of hydrogen-bond donors (Lipinski definition) is 3. The van der Waals surface area contributed by atoms with E-state index >= 15 is 0 Å². The molecular formula is C23H24N2O7. The normalized spacial score (nSPS) is 26.8. The van der Waals surface area contributed by atoms with E-state index in [4.69, 9.17) is 9.47 Å². The van der Waals surface area contributed by atoms with Crippen LogP contribution in [0.1, 0.15) is 25.5 Å². The monoisotopic (exact) mass is 440 g/mol. The number of phenolic OH excluding ortho intramolecular Hbond substituents is 1. The van der Waals surface area contributed by atoms with Crippen molar-refractivity contribution in [1.29, 1.82) is 0 Å². The summed E-state index contributed by atoms with van der Waals surface area (Å²) in [7, 11) is 1.42. The highest BCUT2D eigenvalue weighted by Crippen LogP contribution is 2.52. The number of fused-ring (bicyclic) bond motifs is 1. The summed E-state index contributed by atoms with van der Waals surface area (Å²) in [6.07, 6.45) is 0. The quantitative estimate of drug-likeness (QED) is 0.583. The second-order valence-corrected chi connectivity index (χ2v) is 7.94. The molecule has 2 heterocycles. The second-order valence-electron chi connectivity index (χ2n) is 7.94. The Morgan fingerprint density at radius 1 is 1.12 bits per heavy atom. The lowest BCUT2D eigenvalue weighted by Gasteiger charge is -2.28. The van der Waals surface area contributed by atoms with E-state index < -0.39 is 41.2 Å². The van der Waals surface area contributed by atoms with Gasteiger partial charge in [-0.1, -0.05) is 24.3 Å². The molecule has 2 aromatic carbocycles. The lowest BCUT2D eigenvalue weighted by molar-refractivity contribution is -0.147. The van der Waals surface area contributed by atoms with Crippen LogP contribution in [0, 0.1) is 11.8 Å². The summed E-state index contributed by atoms with van der Waals surface area (Å²) in [5.74, 6) is -4.36. The van der Waals surface area contributed by atoms with Gasteiger partial charge in [0.25, 0.3) is 0 Å². The minimum Gasteiger partial charge on any atom is -0.504 e. The molecule has 0 bridgehead atoms. The Morgan fingerprint density at radius 3 is 2.47 bits per heavy atom. The average molecular weight is 440 g/mol. The van der Waals surface area contributed by atoms with Gasteiger partial charge >= 0.3 is 5.97 Å². The molecule has 0 radical (unpaired) electrons. The van der Waals surface area contributed by atoms with Crippen LogP contribution in [-0.2, 0) is 14.4 Å². The average Bonchev–Trinajstić information content (AvgIpc) is 3.23. The number of carboxylic acid groups (broad SMARTS) is 1. The Morgan fingerprint density at radius 2 is 1.81 bits per heavy atom. The number of hydrogen-bond acceptors (Lipinski definition) is 7. The minimum absolute atomic E-state index is 0.198. The summed E-state index contributed by atoms with van der Waals surface area (Å²) >= 11 is 0. The molecule has 0 saturated carbocycles. The number of rotatable bonds is 6. The molecule has 0 spiro atoms. The molecule has 9 heteroatoms. The van der Waals surface area contributed by atoms with Gasteiger partial charge in [0.05, 0.1) is 31.2 Å². The van der Waals surface area contributed by atoms with Crippen LogP contribution in [0.3, 0.4) is 0 Å². The maximum absolute atomic E-state index is 13.6. The van der Waals surface area contributed by atoms with Crippen LogP contribution in [0.4, 0.5) is 5.69 Å². The minimum atomic E-state index is -1.73. The first kappa shape index (κ1) is 21.6. The number of nitrogens with zero attached hydrogens (tertiary/aromatic N) is 1. The molecule has 0 aromatic heterocycles. The maximum Gasteiger partial charge on any atom is 0.324 e. The van der Waals surface area contributed by atoms with E-state index in [1.54, 1.807) is 49.4 Å². The lowest BCUT2D eigenvalue weighted by atomic mass is 9.80. The van der Waals surface area contributed by atoms with Crippen molar-refractivity contribution in [2.75, 3.05) is 18.6 Å². The standard InChI is InChI=1S/C23H24N2O7/c1-4-32-15-11-7-8-12(19(15)26)18-16-17(23(2,24-18)22(29)30)21(28)25(20(16)27)13-9-5-6-10-14(13)31-3/h5-11,16-18,24,26H,4H2,1-3H3,(H,29,30)/t16-,17+,18+,23+/m1/s1. The summed E-state index contributed by atoms with van der Waals surface area (Å²) in [5, 5.41) is 23.7. The summed E-state index contributed by atoms with van der Waals surface area (Å²) in [5.41, 5.74) is -1.19. The van der Waals surface area contributed by atoms with E-state index in [0.717, 1.165) is 4.90 Å². The molecule has 4 rings (SSSR count). The number of aliphatic carboxylic acids is 1. The Kier molecular flexibility index (Phi) is 5.29. The van der Waals surface area contributed by atoms with Crippen LogP contribution < -0.4 is 19.7 Å². The number of benzene rings is 2. The SMILES string of the molecule is CCOc1cccc([C@@H]2N[C@](C)(C(=O)O)[C@@H]3C(=O)N(c4ccccc4OC)C(=O)[C@H]32)c1O. The van der Waals surface area contributed by atoms with Crippen molar-refractivity contribution in [1.82, 2.24) is 5.32 Å². The Hall–Kier alpha value is -3.59. The number of ether oxygens (including phenoxy) is 2. The molecule has 2 aromatic rings. The van der Waals surface area contributed by atoms with Gasteiger partial charge in [-0.15, -0.1) is 0 Å². The van der Waals surface area contributed by atoms with E-state index in [-0.39, 0.29) is 17.2 Å². The highest BCUT2D eigenvalue weighted by molar-refractivity contribution is 6.24. The molecule has 0 aliphatic carbocycles. The molecule has 4 atom stereocenters. The molecule has 168 valence electrons. The summed E-state index contributed by atoms with van der Waals surface area (Å²) in [6, 6.07) is 10.5. The molecule has 9 nitrogen and oxygen atoms in total. The zero-order valence-corrected chi connectivity index (χ0v) is 17.9. The van der Waals surface area contributed by atoms with Crippen molar-refractivity contribution in [2.24, 2.45) is 11.8 Å². The van der Waals surface area contributed by atoms with Crippen LogP contribution >= 0.6 is 0 Å². The van der Waals surface area contributed by atoms with Crippen molar-refractivity contribution in [3.05, 3.63) is 48.0 Å². The van der Waals surface area contributed by atoms with Gasteiger partial charge in [0, 0.05) is 11.6 Å². The summed E-state index contributed by atoms with van der Waals surface area (Å²) in [4.78, 5) is 40.3. The predicted molar refractivity (Wildman–Crippen MR) is 114 cm³/mol. The Labute approximate surface area is 184 Å². The highest BCUT2D eigenvalue weighted by Gasteiger charge is 2.67. The lowest BCUT2D eigenvalue weighted by Crippen LogP contribution is -2.53. The highest BCUT2D eigenvalue weighted by atomic mass is 16.5. The number of carboxylic acids is 1. The van der Waals surface area contributed by atoms with Gasteiger partial charge in [-0.3, -0.25) is 19.7 Å². The van der Waals surface area contributed by atoms with Gasteiger partial charge in [0.2, 0.25) is 11.8 Å². The number of nitrogens with one attached hydrogen (secondary N) is 1. The van der Waals surface area contributed by atoms with E-state index in [1.165, 1.54) is 14.0 Å². The van der Waals surface area contributed by atoms with Gasteiger partial charge in [-0.2, -0.15) is 0 Å². The fourth-order valence-electron chi connectivity index (χ4n) is 4.72. The number of carbonyl (C=O) groups is 3. The van der Waals surface area contributed by atoms with Gasteiger partial charge in [0.1, 0.15) is 11.3 Å². The first-order valence-electron chi connectivity index (χ1n) is 10.2. The second kappa shape index (κ2) is 7.83. The van der Waals surface area contributed by atoms with Crippen molar-refractivity contribution < 1.29 is 34.1 Å². The molecule has 32 heavy (non-hydrogen) atoms. The zero-order chi connectivity index (χ0) is 23.2. The number of phenols is 1. The van der Waals surface area contributed by atoms with Crippen molar-refractivity contribution in [3.63, 3.8) is 0 Å². The van der Waals surface area contributed by atoms with Gasteiger partial charge in [0.15, 0.2) is 11.5 Å². The van der Waals surface area contributed by atoms with Crippen molar-refractivity contribution in [3.8, 4) is 17.2 Å². The number of para-hydroxylation sites is 3. The third kappa shape index (κ3) is 3.00. The van der Waals surface area contributed by atoms with Crippen LogP contribution in [-0.4, -0.2) is 47.3 Å². The third-order valence-corrected chi connectivity index (χ3v) is 6.22. The number of imide groups is 1. The number of methoxy groups -OCH3 is 1. The van der Waals surface area contributed by atoms with Crippen LogP contribution in [0.25, 0.3) is 0 Å². The number of aromatic hydroxyl groups is 1. The summed E-state index contributed by atoms with van der Waals surface area (Å²) < 4.78 is 10.8. The zero-order valence-electron chi connectivity index (χ0n) is 17.9. The predicted octanol–water partition coefficient (Wildman–Crippen LogP) is 2.09. The molecule has 2 aliphatic heterocycles. The third-order valence-electron chi connectivity index (χ3n) is 6.22. The van der Waals surface area contributed by atoms with Crippen LogP contribution in [0.15, 0.2) is 42.5 Å². The van der Waals surface area contributed by atoms with Crippen LogP contribution in [0.2, 0.25) is 0 Å². The van der Waals surface area contributed by atoms with E-state index in [9.17, 15) is 24.6 Å². The fraction of sp³-hybridized carbons (Fsp3) is 0.348. The smallest absolute Gasteiger partial charge is 0.324 e. The van der Waals surface area contributed by atoms with Crippen molar-refractivity contribution >= 4 is 23.5 Å². The fourth-order valence-corrected chi connectivity index (χ4v) is 4.72. The molecular weight excluding hydrogens is 416 g/mol. The van der Waals surface area contributed by atoms with Gasteiger partial charge in [-0.05, 0) is 32.0 Å². The topological polar surface area (TPSA) is 125 Å². The molecule has 0 unspecified atom stereocenters. The van der Waals surface area contributed by atoms with Crippen LogP contribution in [0.5, 0.6) is 17.2 Å². The molecule has 2 fully saturated rings. The Balaban J connectivity index is 1.85. The Bertz CT molecular complexity index is 1100. The van der Waals surface area contributed by atoms with Crippen molar-refractivity contribution in [2.45, 2.75) is 25.4 Å². The largest absolute Gasteiger partial charge is 0.504 e. The number of amides is 2. The molecule has 2 aliphatic rings. The summed E-state index contributed by atoms with van der Waals surface area (Å²) in [6.45, 7) is 3.46. The van der Waals surface area contributed by atoms with E-state index in [0.29, 0.717) is 17.9 Å².